The first-order valence-electron chi connectivity index (χ1n) is 9.60. The van der Waals surface area contributed by atoms with Gasteiger partial charge in [0, 0.05) is 24.3 Å². The van der Waals surface area contributed by atoms with Crippen LogP contribution >= 0.6 is 0 Å². The molecule has 1 heterocycles. The van der Waals surface area contributed by atoms with Gasteiger partial charge in [0.05, 0.1) is 5.54 Å². The molecule has 1 aliphatic rings. The number of hydrogen-bond donors (Lipinski definition) is 4. The van der Waals surface area contributed by atoms with Gasteiger partial charge in [-0.1, -0.05) is 46.5 Å². The summed E-state index contributed by atoms with van der Waals surface area (Å²) in [7, 11) is 0. The number of nitrogens with two attached hydrogens (primary N) is 2. The van der Waals surface area contributed by atoms with Gasteiger partial charge < -0.3 is 22.1 Å². The first-order valence-corrected chi connectivity index (χ1v) is 9.60. The number of unbranched alkanes of at least 4 members (excludes halogenated alkanes) is 2. The van der Waals surface area contributed by atoms with Crippen LogP contribution in [0.2, 0.25) is 0 Å². The van der Waals surface area contributed by atoms with E-state index in [2.05, 4.69) is 44.4 Å². The highest BCUT2D eigenvalue weighted by Crippen LogP contribution is 2.30. The molecule has 1 rings (SSSR count). The van der Waals surface area contributed by atoms with Crippen LogP contribution in [0.4, 0.5) is 0 Å². The summed E-state index contributed by atoms with van der Waals surface area (Å²) in [6.07, 6.45) is 10.5. The molecule has 23 heavy (non-hydrogen) atoms. The van der Waals surface area contributed by atoms with Crippen molar-refractivity contribution in [3.05, 3.63) is 11.8 Å². The van der Waals surface area contributed by atoms with Gasteiger partial charge in [0.15, 0.2) is 0 Å². The average molecular weight is 325 g/mol. The quantitative estimate of drug-likeness (QED) is 0.471. The van der Waals surface area contributed by atoms with Gasteiger partial charge >= 0.3 is 0 Å². The molecule has 0 spiro atoms. The lowest BCUT2D eigenvalue weighted by Gasteiger charge is -2.45. The van der Waals surface area contributed by atoms with E-state index < -0.39 is 0 Å². The molecule has 0 saturated carbocycles. The molecule has 0 radical (unpaired) electrons. The largest absolute Gasteiger partial charge is 0.382 e. The van der Waals surface area contributed by atoms with Gasteiger partial charge in [0.25, 0.3) is 0 Å². The Kier molecular flexibility index (Phi) is 8.59. The molecule has 6 N–H and O–H groups in total. The minimum atomic E-state index is -0.296. The second kappa shape index (κ2) is 9.65. The number of hydrogen-bond acceptors (Lipinski definition) is 4. The standard InChI is InChI=1S/C19H40N4/c1-5-7-9-16(3)19(21)15-22-14-10-17(19)23-18(4,12-13-20)11-8-6-2/h10,16,22-23H,5-9,11-15,20-21H2,1-4H3. The van der Waals surface area contributed by atoms with Crippen molar-refractivity contribution in [1.82, 2.24) is 10.6 Å². The molecule has 0 fully saturated rings. The highest BCUT2D eigenvalue weighted by molar-refractivity contribution is 5.25. The third-order valence-corrected chi connectivity index (χ3v) is 5.45. The van der Waals surface area contributed by atoms with Gasteiger partial charge in [-0.15, -0.1) is 0 Å². The van der Waals surface area contributed by atoms with E-state index in [0.717, 1.165) is 25.9 Å². The van der Waals surface area contributed by atoms with Gasteiger partial charge in [-0.05, 0) is 44.7 Å². The fraction of sp³-hybridized carbons (Fsp3) is 0.895. The molecule has 0 bridgehead atoms. The highest BCUT2D eigenvalue weighted by atomic mass is 15.1. The SMILES string of the molecule is CCCCC(C)C1(N)CNCC=C1NC(C)(CCN)CCCC. The van der Waals surface area contributed by atoms with E-state index in [1.54, 1.807) is 0 Å². The number of rotatable bonds is 11. The summed E-state index contributed by atoms with van der Waals surface area (Å²) < 4.78 is 0. The molecular formula is C19H40N4. The van der Waals surface area contributed by atoms with Crippen molar-refractivity contribution in [3.8, 4) is 0 Å². The molecule has 0 aromatic rings. The van der Waals surface area contributed by atoms with Crippen LogP contribution in [0.5, 0.6) is 0 Å². The van der Waals surface area contributed by atoms with E-state index in [1.807, 2.05) is 0 Å². The second-order valence-corrected chi connectivity index (χ2v) is 7.66. The van der Waals surface area contributed by atoms with Crippen molar-refractivity contribution in [2.75, 3.05) is 19.6 Å². The maximum absolute atomic E-state index is 6.90. The molecule has 0 aromatic carbocycles. The summed E-state index contributed by atoms with van der Waals surface area (Å²) in [5.74, 6) is 0.460. The van der Waals surface area contributed by atoms with Crippen molar-refractivity contribution in [1.29, 1.82) is 0 Å². The normalized spacial score (nSPS) is 25.6. The lowest BCUT2D eigenvalue weighted by Crippen LogP contribution is -2.63. The van der Waals surface area contributed by atoms with E-state index in [-0.39, 0.29) is 11.1 Å². The van der Waals surface area contributed by atoms with E-state index in [9.17, 15) is 0 Å². The van der Waals surface area contributed by atoms with Crippen molar-refractivity contribution >= 4 is 0 Å². The summed E-state index contributed by atoms with van der Waals surface area (Å²) in [5, 5.41) is 7.29. The van der Waals surface area contributed by atoms with Crippen LogP contribution in [0, 0.1) is 5.92 Å². The van der Waals surface area contributed by atoms with Crippen LogP contribution in [0.25, 0.3) is 0 Å². The zero-order chi connectivity index (χ0) is 17.3. The van der Waals surface area contributed by atoms with Crippen molar-refractivity contribution in [2.24, 2.45) is 17.4 Å². The van der Waals surface area contributed by atoms with E-state index in [0.29, 0.717) is 12.5 Å². The van der Waals surface area contributed by atoms with Crippen LogP contribution in [0.15, 0.2) is 11.8 Å². The molecule has 0 aromatic heterocycles. The van der Waals surface area contributed by atoms with Crippen LogP contribution in [-0.2, 0) is 0 Å². The maximum atomic E-state index is 6.90. The van der Waals surface area contributed by atoms with Crippen LogP contribution < -0.4 is 22.1 Å². The predicted octanol–water partition coefficient (Wildman–Crippen LogP) is 2.88. The maximum Gasteiger partial charge on any atom is 0.0707 e. The Labute approximate surface area is 143 Å². The van der Waals surface area contributed by atoms with Gasteiger partial charge in [0.2, 0.25) is 0 Å². The Morgan fingerprint density at radius 3 is 2.61 bits per heavy atom. The van der Waals surface area contributed by atoms with Gasteiger partial charge in [-0.3, -0.25) is 0 Å². The first-order chi connectivity index (χ1) is 10.9. The Bertz CT molecular complexity index is 368. The first kappa shape index (κ1) is 20.5. The Morgan fingerprint density at radius 1 is 1.30 bits per heavy atom. The topological polar surface area (TPSA) is 76.1 Å². The highest BCUT2D eigenvalue weighted by Gasteiger charge is 2.39. The molecule has 3 unspecified atom stereocenters. The van der Waals surface area contributed by atoms with E-state index in [4.69, 9.17) is 11.5 Å². The zero-order valence-corrected chi connectivity index (χ0v) is 15.9. The second-order valence-electron chi connectivity index (χ2n) is 7.66. The predicted molar refractivity (Wildman–Crippen MR) is 101 cm³/mol. The zero-order valence-electron chi connectivity index (χ0n) is 15.9. The molecule has 0 aliphatic carbocycles. The smallest absolute Gasteiger partial charge is 0.0707 e. The third-order valence-electron chi connectivity index (χ3n) is 5.45. The van der Waals surface area contributed by atoms with E-state index >= 15 is 0 Å². The van der Waals surface area contributed by atoms with E-state index in [1.165, 1.54) is 37.8 Å². The van der Waals surface area contributed by atoms with Gasteiger partial charge in [0.1, 0.15) is 0 Å². The fourth-order valence-corrected chi connectivity index (χ4v) is 3.57. The van der Waals surface area contributed by atoms with Crippen molar-refractivity contribution in [3.63, 3.8) is 0 Å². The summed E-state index contributed by atoms with van der Waals surface area (Å²) in [4.78, 5) is 0. The van der Waals surface area contributed by atoms with Gasteiger partial charge in [-0.2, -0.15) is 0 Å². The molecular weight excluding hydrogens is 284 g/mol. The lowest BCUT2D eigenvalue weighted by atomic mass is 9.77. The van der Waals surface area contributed by atoms with Crippen LogP contribution in [0.3, 0.4) is 0 Å². The molecule has 4 nitrogen and oxygen atoms in total. The van der Waals surface area contributed by atoms with Crippen molar-refractivity contribution < 1.29 is 0 Å². The van der Waals surface area contributed by atoms with Crippen LogP contribution in [-0.4, -0.2) is 30.7 Å². The molecule has 4 heteroatoms. The van der Waals surface area contributed by atoms with Crippen LogP contribution in [0.1, 0.15) is 72.6 Å². The lowest BCUT2D eigenvalue weighted by molar-refractivity contribution is 0.243. The molecule has 136 valence electrons. The van der Waals surface area contributed by atoms with Gasteiger partial charge in [-0.25, -0.2) is 0 Å². The Hall–Kier alpha value is -0.580. The Morgan fingerprint density at radius 2 is 2.00 bits per heavy atom. The molecule has 0 saturated heterocycles. The average Bonchev–Trinajstić information content (AvgIpc) is 2.53. The minimum Gasteiger partial charge on any atom is -0.382 e. The molecule has 1 aliphatic heterocycles. The monoisotopic (exact) mass is 324 g/mol. The summed E-state index contributed by atoms with van der Waals surface area (Å²) in [5.41, 5.74) is 13.8. The summed E-state index contributed by atoms with van der Waals surface area (Å²) in [6, 6.07) is 0. The number of nitrogens with one attached hydrogen (secondary N) is 2. The minimum absolute atomic E-state index is 0.0447. The van der Waals surface area contributed by atoms with Crippen molar-refractivity contribution in [2.45, 2.75) is 83.7 Å². The molecule has 3 atom stereocenters. The summed E-state index contributed by atoms with van der Waals surface area (Å²) in [6.45, 7) is 11.5. The third kappa shape index (κ3) is 5.77. The molecule has 0 amide bonds. The fourth-order valence-electron chi connectivity index (χ4n) is 3.57. The Balaban J connectivity index is 2.89. The summed E-state index contributed by atoms with van der Waals surface area (Å²) >= 11 is 0.